The Bertz CT molecular complexity index is 1800. The van der Waals surface area contributed by atoms with Gasteiger partial charge in [-0.1, -0.05) is 49.7 Å². The lowest BCUT2D eigenvalue weighted by molar-refractivity contribution is -0.144. The maximum atomic E-state index is 13.3. The zero-order chi connectivity index (χ0) is 33.1. The van der Waals surface area contributed by atoms with E-state index in [1.165, 1.54) is 29.7 Å². The van der Waals surface area contributed by atoms with Crippen LogP contribution in [-0.4, -0.2) is 69.1 Å². The van der Waals surface area contributed by atoms with Crippen molar-refractivity contribution in [3.63, 3.8) is 0 Å². The number of carboxylic acid groups (broad SMARTS) is 1. The summed E-state index contributed by atoms with van der Waals surface area (Å²) in [6.07, 6.45) is 7.73. The average molecular weight is 654 g/mol. The predicted octanol–water partition coefficient (Wildman–Crippen LogP) is 5.69. The Morgan fingerprint density at radius 1 is 1.02 bits per heavy atom. The molecular weight excluding hydrogens is 611 g/mol. The van der Waals surface area contributed by atoms with E-state index >= 15 is 0 Å². The van der Waals surface area contributed by atoms with Gasteiger partial charge in [-0.15, -0.1) is 11.3 Å². The third-order valence-corrected chi connectivity index (χ3v) is 10.8. The number of carbonyl (C=O) groups is 2. The number of hydrogen-bond acceptors (Lipinski definition) is 7. The van der Waals surface area contributed by atoms with Crippen molar-refractivity contribution in [2.45, 2.75) is 58.4 Å². The topological polar surface area (TPSA) is 108 Å². The number of carboxylic acids is 1. The summed E-state index contributed by atoms with van der Waals surface area (Å²) in [6.45, 7) is 8.17. The number of nitrogens with one attached hydrogen (secondary N) is 1. The number of benzene rings is 2. The van der Waals surface area contributed by atoms with E-state index in [4.69, 9.17) is 4.98 Å². The minimum atomic E-state index is -0.857. The van der Waals surface area contributed by atoms with Crippen molar-refractivity contribution in [1.82, 2.24) is 19.4 Å². The van der Waals surface area contributed by atoms with Gasteiger partial charge in [0, 0.05) is 62.0 Å². The second kappa shape index (κ2) is 14.3. The molecule has 3 heterocycles. The lowest BCUT2D eigenvalue weighted by atomic mass is 10.0. The number of nitrogens with zero attached hydrogens (tertiary/aromatic N) is 4. The van der Waals surface area contributed by atoms with Crippen LogP contribution in [0.4, 0.5) is 5.69 Å². The van der Waals surface area contributed by atoms with Crippen molar-refractivity contribution in [1.29, 1.82) is 0 Å². The van der Waals surface area contributed by atoms with Gasteiger partial charge in [-0.25, -0.2) is 4.98 Å². The van der Waals surface area contributed by atoms with Crippen LogP contribution in [0, 0.1) is 6.92 Å². The van der Waals surface area contributed by atoms with Gasteiger partial charge < -0.3 is 19.9 Å². The standard InChI is InChI=1S/C37H43N5O4S/c1-4-41-17-19-42(20-18-41)34(37(45)46)26-15-13-25(14-16-26)21-30-36(44)40(3)23-31(38-30)28-10-8-11-29(24(28)2)39-35(43)33-22-27-9-6-5-7-12-32(27)47-33/h8,10-11,13-16,22-23,34H,4-7,9,12,17-21H2,1-3H3,(H,39,43)(H,45,46). The minimum absolute atomic E-state index is 0.103. The summed E-state index contributed by atoms with van der Waals surface area (Å²) in [7, 11) is 1.72. The monoisotopic (exact) mass is 653 g/mol. The molecule has 6 rings (SSSR count). The molecule has 246 valence electrons. The Balaban J connectivity index is 1.20. The van der Waals surface area contributed by atoms with Crippen LogP contribution in [0.25, 0.3) is 11.3 Å². The van der Waals surface area contributed by atoms with Crippen LogP contribution in [0.5, 0.6) is 0 Å². The van der Waals surface area contributed by atoms with Gasteiger partial charge in [0.05, 0.1) is 10.6 Å². The molecule has 2 aliphatic rings. The molecule has 0 spiro atoms. The van der Waals surface area contributed by atoms with Crippen LogP contribution in [0.1, 0.15) is 74.7 Å². The van der Waals surface area contributed by atoms with E-state index in [0.29, 0.717) is 36.6 Å². The highest BCUT2D eigenvalue weighted by molar-refractivity contribution is 7.14. The molecule has 2 N–H and O–H groups in total. The highest BCUT2D eigenvalue weighted by atomic mass is 32.1. The number of anilines is 1. The first-order chi connectivity index (χ1) is 22.7. The quantitative estimate of drug-likeness (QED) is 0.224. The van der Waals surface area contributed by atoms with E-state index in [0.717, 1.165) is 59.6 Å². The van der Waals surface area contributed by atoms with Crippen LogP contribution < -0.4 is 10.9 Å². The molecule has 1 aliphatic carbocycles. The summed E-state index contributed by atoms with van der Waals surface area (Å²) in [6, 6.07) is 14.6. The lowest BCUT2D eigenvalue weighted by Gasteiger charge is -2.37. The summed E-state index contributed by atoms with van der Waals surface area (Å²) in [5.41, 5.74) is 6.21. The molecular formula is C37H43N5O4S. The number of thiophene rings is 1. The molecule has 0 bridgehead atoms. The maximum Gasteiger partial charge on any atom is 0.325 e. The first kappa shape index (κ1) is 32.8. The summed E-state index contributed by atoms with van der Waals surface area (Å²) < 4.78 is 1.55. The number of piperazine rings is 1. The van der Waals surface area contributed by atoms with Gasteiger partial charge in [0.25, 0.3) is 11.5 Å². The fraction of sp³-hybridized carbons (Fsp3) is 0.405. The molecule has 1 atom stereocenters. The molecule has 9 nitrogen and oxygen atoms in total. The van der Waals surface area contributed by atoms with Crippen molar-refractivity contribution in [3.8, 4) is 11.3 Å². The molecule has 1 amide bonds. The first-order valence-electron chi connectivity index (χ1n) is 16.6. The zero-order valence-electron chi connectivity index (χ0n) is 27.4. The van der Waals surface area contributed by atoms with E-state index in [1.54, 1.807) is 29.1 Å². The summed E-state index contributed by atoms with van der Waals surface area (Å²) in [5, 5.41) is 13.2. The molecule has 10 heteroatoms. The van der Waals surface area contributed by atoms with E-state index in [9.17, 15) is 19.5 Å². The number of carbonyl (C=O) groups excluding carboxylic acids is 1. The molecule has 1 unspecified atom stereocenters. The number of amides is 1. The number of rotatable bonds is 9. The van der Waals surface area contributed by atoms with Gasteiger partial charge in [-0.2, -0.15) is 0 Å². The van der Waals surface area contributed by atoms with Gasteiger partial charge in [-0.3, -0.25) is 19.3 Å². The number of aryl methyl sites for hydroxylation is 3. The summed E-state index contributed by atoms with van der Waals surface area (Å²) in [4.78, 5) is 50.0. The zero-order valence-corrected chi connectivity index (χ0v) is 28.2. The molecule has 0 radical (unpaired) electrons. The Hall–Kier alpha value is -4.12. The Labute approximate surface area is 279 Å². The molecule has 1 saturated heterocycles. The first-order valence-corrected chi connectivity index (χ1v) is 17.4. The Kier molecular flexibility index (Phi) is 10.0. The molecule has 1 fully saturated rings. The third kappa shape index (κ3) is 7.25. The third-order valence-electron chi connectivity index (χ3n) is 9.59. The predicted molar refractivity (Wildman–Crippen MR) is 186 cm³/mol. The number of aliphatic carboxylic acids is 1. The lowest BCUT2D eigenvalue weighted by Crippen LogP contribution is -2.49. The largest absolute Gasteiger partial charge is 0.480 e. The second-order valence-electron chi connectivity index (χ2n) is 12.7. The minimum Gasteiger partial charge on any atom is -0.480 e. The van der Waals surface area contributed by atoms with Crippen molar-refractivity contribution in [2.24, 2.45) is 7.05 Å². The second-order valence-corrected chi connectivity index (χ2v) is 13.8. The van der Waals surface area contributed by atoms with Crippen molar-refractivity contribution in [3.05, 3.63) is 103 Å². The van der Waals surface area contributed by atoms with Crippen molar-refractivity contribution >= 4 is 28.9 Å². The van der Waals surface area contributed by atoms with E-state index in [1.807, 2.05) is 54.3 Å². The van der Waals surface area contributed by atoms with Gasteiger partial charge in [0.2, 0.25) is 0 Å². The van der Waals surface area contributed by atoms with Crippen LogP contribution >= 0.6 is 11.3 Å². The summed E-state index contributed by atoms with van der Waals surface area (Å²) >= 11 is 1.60. The number of fused-ring (bicyclic) bond motifs is 1. The van der Waals surface area contributed by atoms with E-state index in [-0.39, 0.29) is 11.5 Å². The van der Waals surface area contributed by atoms with Gasteiger partial charge >= 0.3 is 5.97 Å². The van der Waals surface area contributed by atoms with Crippen molar-refractivity contribution < 1.29 is 14.7 Å². The molecule has 2 aromatic heterocycles. The average Bonchev–Trinajstić information content (AvgIpc) is 3.35. The molecule has 2 aromatic carbocycles. The van der Waals surface area contributed by atoms with Crippen LogP contribution in [0.3, 0.4) is 0 Å². The SMILES string of the molecule is CCN1CCN(C(C(=O)O)c2ccc(Cc3nc(-c4cccc(NC(=O)c5cc6c(s5)CCCCC6)c4C)cn(C)c3=O)cc2)CC1. The van der Waals surface area contributed by atoms with Gasteiger partial charge in [0.15, 0.2) is 0 Å². The Morgan fingerprint density at radius 2 is 1.77 bits per heavy atom. The van der Waals surface area contributed by atoms with Crippen LogP contribution in [0.15, 0.2) is 59.5 Å². The molecule has 4 aromatic rings. The summed E-state index contributed by atoms with van der Waals surface area (Å²) in [5.74, 6) is -0.959. The molecule has 47 heavy (non-hydrogen) atoms. The van der Waals surface area contributed by atoms with Crippen LogP contribution in [-0.2, 0) is 31.1 Å². The normalized spacial score (nSPS) is 16.3. The Morgan fingerprint density at radius 3 is 2.49 bits per heavy atom. The van der Waals surface area contributed by atoms with Crippen LogP contribution in [0.2, 0.25) is 0 Å². The number of hydrogen-bond donors (Lipinski definition) is 2. The smallest absolute Gasteiger partial charge is 0.325 e. The van der Waals surface area contributed by atoms with E-state index < -0.39 is 12.0 Å². The van der Waals surface area contributed by atoms with Gasteiger partial charge in [0.1, 0.15) is 11.7 Å². The van der Waals surface area contributed by atoms with E-state index in [2.05, 4.69) is 23.2 Å². The highest BCUT2D eigenvalue weighted by Gasteiger charge is 2.30. The van der Waals surface area contributed by atoms with Crippen molar-refractivity contribution in [2.75, 3.05) is 38.0 Å². The molecule has 0 saturated carbocycles. The number of aromatic nitrogens is 2. The number of likely N-dealkylation sites (N-methyl/N-ethyl adjacent to an activating group) is 1. The van der Waals surface area contributed by atoms with Gasteiger partial charge in [-0.05, 0) is 73.5 Å². The molecule has 1 aliphatic heterocycles. The highest BCUT2D eigenvalue weighted by Crippen LogP contribution is 2.32. The fourth-order valence-electron chi connectivity index (χ4n) is 6.78. The fourth-order valence-corrected chi connectivity index (χ4v) is 7.93. The maximum absolute atomic E-state index is 13.3.